The quantitative estimate of drug-likeness (QED) is 0.390. The molecule has 0 aliphatic rings. The summed E-state index contributed by atoms with van der Waals surface area (Å²) in [5.41, 5.74) is 0.901. The lowest BCUT2D eigenvalue weighted by atomic mass is 10.1. The van der Waals surface area contributed by atoms with Crippen molar-refractivity contribution in [1.82, 2.24) is 0 Å². The molecule has 0 heterocycles. The molecule has 2 aromatic rings. The van der Waals surface area contributed by atoms with Gasteiger partial charge in [0.1, 0.15) is 28.8 Å². The van der Waals surface area contributed by atoms with E-state index in [1.165, 1.54) is 50.7 Å². The number of benzene rings is 2. The van der Waals surface area contributed by atoms with Gasteiger partial charge in [0.15, 0.2) is 5.78 Å². The number of rotatable bonds is 7. The second-order valence-electron chi connectivity index (χ2n) is 5.49. The molecule has 27 heavy (non-hydrogen) atoms. The molecule has 0 aliphatic carbocycles. The maximum Gasteiger partial charge on any atom is 0.182 e. The van der Waals surface area contributed by atoms with Crippen LogP contribution < -0.4 is 9.47 Å². The van der Waals surface area contributed by atoms with Gasteiger partial charge in [-0.3, -0.25) is 4.79 Å². The van der Waals surface area contributed by atoms with Crippen molar-refractivity contribution in [2.45, 2.75) is 0 Å². The fourth-order valence-electron chi connectivity index (χ4n) is 2.17. The van der Waals surface area contributed by atoms with Crippen molar-refractivity contribution in [2.75, 3.05) is 14.2 Å². The Hall–Kier alpha value is -3.67. The van der Waals surface area contributed by atoms with Gasteiger partial charge in [-0.05, 0) is 48.6 Å². The minimum absolute atomic E-state index is 0.0143. The van der Waals surface area contributed by atoms with Gasteiger partial charge in [0.25, 0.3) is 0 Å². The molecule has 0 amide bonds. The van der Waals surface area contributed by atoms with Crippen LogP contribution in [-0.4, -0.2) is 35.3 Å². The zero-order valence-electron chi connectivity index (χ0n) is 14.9. The fourth-order valence-corrected chi connectivity index (χ4v) is 2.17. The van der Waals surface area contributed by atoms with Crippen molar-refractivity contribution in [3.8, 4) is 23.0 Å². The third-order valence-corrected chi connectivity index (χ3v) is 3.63. The van der Waals surface area contributed by atoms with Crippen LogP contribution in [0, 0.1) is 0 Å². The number of carbonyl (C=O) groups is 1. The largest absolute Gasteiger partial charge is 0.508 e. The van der Waals surface area contributed by atoms with Gasteiger partial charge in [0, 0.05) is 29.3 Å². The Bertz CT molecular complexity index is 909. The second kappa shape index (κ2) is 9.15. The van der Waals surface area contributed by atoms with E-state index in [9.17, 15) is 20.1 Å². The first-order valence-electron chi connectivity index (χ1n) is 7.97. The van der Waals surface area contributed by atoms with E-state index in [0.29, 0.717) is 22.6 Å². The number of methoxy groups -OCH3 is 2. The molecule has 0 radical (unpaired) electrons. The van der Waals surface area contributed by atoms with Crippen LogP contribution in [0.2, 0.25) is 0 Å². The summed E-state index contributed by atoms with van der Waals surface area (Å²) < 4.78 is 9.98. The molecule has 0 spiro atoms. The number of phenolic OH excluding ortho intramolecular Hbond substituents is 2. The van der Waals surface area contributed by atoms with Gasteiger partial charge in [0.2, 0.25) is 0 Å². The molecule has 0 aliphatic heterocycles. The molecule has 2 rings (SSSR count). The lowest BCUT2D eigenvalue weighted by molar-refractivity contribution is -0.110. The summed E-state index contributed by atoms with van der Waals surface area (Å²) in [4.78, 5) is 11.9. The average molecular weight is 368 g/mol. The Kier molecular flexibility index (Phi) is 6.66. The van der Waals surface area contributed by atoms with Gasteiger partial charge in [-0.15, -0.1) is 0 Å². The van der Waals surface area contributed by atoms with Gasteiger partial charge in [-0.25, -0.2) is 0 Å². The molecular formula is C21H20O6. The Balaban J connectivity index is 2.05. The summed E-state index contributed by atoms with van der Waals surface area (Å²) in [7, 11) is 2.98. The molecule has 6 heteroatoms. The summed E-state index contributed by atoms with van der Waals surface area (Å²) in [6, 6.07) is 9.41. The molecule has 0 aromatic heterocycles. The van der Waals surface area contributed by atoms with Gasteiger partial charge >= 0.3 is 0 Å². The third kappa shape index (κ3) is 5.67. The predicted molar refractivity (Wildman–Crippen MR) is 103 cm³/mol. The molecule has 0 saturated heterocycles. The summed E-state index contributed by atoms with van der Waals surface area (Å²) in [5.74, 6) is 0.221. The average Bonchev–Trinajstić information content (AvgIpc) is 2.65. The van der Waals surface area contributed by atoms with Crippen LogP contribution in [-0.2, 0) is 4.79 Å². The summed E-state index contributed by atoms with van der Waals surface area (Å²) in [6.45, 7) is 0. The van der Waals surface area contributed by atoms with Crippen molar-refractivity contribution in [2.24, 2.45) is 0 Å². The molecule has 0 saturated carbocycles. The number of aromatic hydroxyl groups is 2. The summed E-state index contributed by atoms with van der Waals surface area (Å²) in [5, 5.41) is 29.5. The molecule has 3 N–H and O–H groups in total. The number of aliphatic hydroxyl groups is 1. The number of hydrogen-bond acceptors (Lipinski definition) is 6. The number of phenols is 2. The number of hydrogen-bond donors (Lipinski definition) is 3. The number of carbonyl (C=O) groups excluding carboxylic acids is 1. The normalized spacial score (nSPS) is 11.9. The van der Waals surface area contributed by atoms with Crippen LogP contribution in [0.15, 0.2) is 60.4 Å². The van der Waals surface area contributed by atoms with Crippen LogP contribution >= 0.6 is 0 Å². The lowest BCUT2D eigenvalue weighted by Gasteiger charge is -2.03. The first kappa shape index (κ1) is 19.7. The van der Waals surface area contributed by atoms with Crippen LogP contribution in [0.25, 0.3) is 12.2 Å². The van der Waals surface area contributed by atoms with Crippen LogP contribution in [0.1, 0.15) is 11.1 Å². The maximum atomic E-state index is 11.9. The van der Waals surface area contributed by atoms with Gasteiger partial charge in [0.05, 0.1) is 14.2 Å². The van der Waals surface area contributed by atoms with Crippen molar-refractivity contribution in [3.63, 3.8) is 0 Å². The smallest absolute Gasteiger partial charge is 0.182 e. The Morgan fingerprint density at radius 3 is 1.78 bits per heavy atom. The van der Waals surface area contributed by atoms with Crippen molar-refractivity contribution in [3.05, 3.63) is 71.5 Å². The first-order valence-corrected chi connectivity index (χ1v) is 7.97. The standard InChI is InChI=1S/C21H20O6/c1-26-18-9-5-14(20(24)12-18)3-7-16(22)11-17(23)8-4-15-6-10-19(27-2)13-21(15)25/h3-13,22,24-25H,1-2H3/b7-3+,8-4+,16-11?. The minimum Gasteiger partial charge on any atom is -0.508 e. The van der Waals surface area contributed by atoms with E-state index < -0.39 is 5.78 Å². The monoisotopic (exact) mass is 368 g/mol. The summed E-state index contributed by atoms with van der Waals surface area (Å²) in [6.07, 6.45) is 6.43. The fraction of sp³-hybridized carbons (Fsp3) is 0.0952. The van der Waals surface area contributed by atoms with E-state index in [4.69, 9.17) is 9.47 Å². The predicted octanol–water partition coefficient (Wildman–Crippen LogP) is 3.85. The number of allylic oxidation sites excluding steroid dienone is 3. The minimum atomic E-state index is -0.466. The van der Waals surface area contributed by atoms with E-state index in [2.05, 4.69) is 0 Å². The Morgan fingerprint density at radius 2 is 1.33 bits per heavy atom. The Morgan fingerprint density at radius 1 is 0.852 bits per heavy atom. The first-order chi connectivity index (χ1) is 12.9. The molecule has 0 unspecified atom stereocenters. The highest BCUT2D eigenvalue weighted by atomic mass is 16.5. The molecule has 2 aromatic carbocycles. The van der Waals surface area contributed by atoms with Crippen LogP contribution in [0.3, 0.4) is 0 Å². The maximum absolute atomic E-state index is 11.9. The van der Waals surface area contributed by atoms with E-state index in [-0.39, 0.29) is 17.3 Å². The highest BCUT2D eigenvalue weighted by molar-refractivity contribution is 6.02. The van der Waals surface area contributed by atoms with Gasteiger partial charge in [-0.1, -0.05) is 0 Å². The van der Waals surface area contributed by atoms with E-state index >= 15 is 0 Å². The van der Waals surface area contributed by atoms with Crippen LogP contribution in [0.5, 0.6) is 23.0 Å². The second-order valence-corrected chi connectivity index (χ2v) is 5.49. The molecule has 6 nitrogen and oxygen atoms in total. The van der Waals surface area contributed by atoms with Gasteiger partial charge < -0.3 is 24.8 Å². The van der Waals surface area contributed by atoms with Gasteiger partial charge in [-0.2, -0.15) is 0 Å². The molecular weight excluding hydrogens is 348 g/mol. The zero-order valence-corrected chi connectivity index (χ0v) is 14.9. The lowest BCUT2D eigenvalue weighted by Crippen LogP contribution is -1.89. The van der Waals surface area contributed by atoms with E-state index in [0.717, 1.165) is 6.08 Å². The van der Waals surface area contributed by atoms with Crippen molar-refractivity contribution < 1.29 is 29.6 Å². The molecule has 0 bridgehead atoms. The topological polar surface area (TPSA) is 96.2 Å². The van der Waals surface area contributed by atoms with Crippen LogP contribution in [0.4, 0.5) is 0 Å². The summed E-state index contributed by atoms with van der Waals surface area (Å²) >= 11 is 0. The zero-order chi connectivity index (χ0) is 19.8. The number of aliphatic hydroxyl groups excluding tert-OH is 1. The number of ketones is 1. The Labute approximate surface area is 156 Å². The third-order valence-electron chi connectivity index (χ3n) is 3.63. The van der Waals surface area contributed by atoms with Crippen molar-refractivity contribution in [1.29, 1.82) is 0 Å². The van der Waals surface area contributed by atoms with Crippen molar-refractivity contribution >= 4 is 17.9 Å². The molecule has 0 fully saturated rings. The van der Waals surface area contributed by atoms with E-state index in [1.807, 2.05) is 0 Å². The highest BCUT2D eigenvalue weighted by Crippen LogP contribution is 2.25. The van der Waals surface area contributed by atoms with E-state index in [1.54, 1.807) is 24.3 Å². The highest BCUT2D eigenvalue weighted by Gasteiger charge is 2.02. The molecule has 0 atom stereocenters. The number of ether oxygens (including phenoxy) is 2. The SMILES string of the molecule is COc1ccc(/C=C/C(=O)C=C(O)/C=C/c2ccc(OC)cc2O)c(O)c1. The molecule has 140 valence electrons.